The predicted octanol–water partition coefficient (Wildman–Crippen LogP) is 6.36. The van der Waals surface area contributed by atoms with Crippen molar-refractivity contribution in [2.45, 2.75) is 26.8 Å². The second kappa shape index (κ2) is 6.96. The summed E-state index contributed by atoms with van der Waals surface area (Å²) in [7, 11) is 2.11. The predicted molar refractivity (Wildman–Crippen MR) is 120 cm³/mol. The molecule has 3 aromatic rings. The molecule has 0 amide bonds. The molecule has 2 aromatic carbocycles. The van der Waals surface area contributed by atoms with Gasteiger partial charge >= 0.3 is 0 Å². The zero-order chi connectivity index (χ0) is 20.0. The molecule has 0 bridgehead atoms. The third-order valence-corrected chi connectivity index (χ3v) is 5.98. The van der Waals surface area contributed by atoms with Crippen molar-refractivity contribution in [3.8, 4) is 0 Å². The van der Waals surface area contributed by atoms with E-state index in [0.717, 1.165) is 18.7 Å². The molecule has 1 atom stereocenters. The fraction of sp³-hybridized carbons (Fsp3) is 0.240. The van der Waals surface area contributed by atoms with Gasteiger partial charge in [-0.1, -0.05) is 24.3 Å². The number of aryl methyl sites for hydroxylation is 1. The summed E-state index contributed by atoms with van der Waals surface area (Å²) in [4.78, 5) is 0. The van der Waals surface area contributed by atoms with Crippen LogP contribution >= 0.6 is 0 Å². The number of allylic oxidation sites excluding steroid dienone is 4. The molecular formula is C25H25N4+. The van der Waals surface area contributed by atoms with Crippen LogP contribution in [0.4, 0.5) is 5.69 Å². The quantitative estimate of drug-likeness (QED) is 0.374. The second-order valence-corrected chi connectivity index (χ2v) is 7.79. The number of hydrogen-bond acceptors (Lipinski definition) is 2. The summed E-state index contributed by atoms with van der Waals surface area (Å²) in [5.74, 6) is 0.415. The first-order valence-corrected chi connectivity index (χ1v) is 10.3. The number of likely N-dealkylation sites (N-methyl/N-ethyl adjacent to an activating group) is 1. The van der Waals surface area contributed by atoms with Crippen molar-refractivity contribution in [2.75, 3.05) is 7.05 Å². The van der Waals surface area contributed by atoms with Crippen molar-refractivity contribution in [2.24, 2.45) is 16.1 Å². The average molecular weight is 382 g/mol. The van der Waals surface area contributed by atoms with Gasteiger partial charge in [-0.3, -0.25) is 0 Å². The Labute approximate surface area is 170 Å². The van der Waals surface area contributed by atoms with Crippen molar-refractivity contribution in [1.29, 1.82) is 0 Å². The summed E-state index contributed by atoms with van der Waals surface area (Å²) in [5.41, 5.74) is 7.30. The van der Waals surface area contributed by atoms with E-state index in [4.69, 9.17) is 0 Å². The monoisotopic (exact) mass is 381 g/mol. The van der Waals surface area contributed by atoms with Crippen molar-refractivity contribution in [3.05, 3.63) is 77.7 Å². The minimum atomic E-state index is 0.415. The molecule has 0 spiro atoms. The molecule has 1 aliphatic heterocycles. The summed E-state index contributed by atoms with van der Waals surface area (Å²) in [6.07, 6.45) is 9.51. The molecule has 5 rings (SSSR count). The lowest BCUT2D eigenvalue weighted by molar-refractivity contribution is -0.430. The highest BCUT2D eigenvalue weighted by Gasteiger charge is 2.31. The van der Waals surface area contributed by atoms with Gasteiger partial charge in [-0.05, 0) is 50.1 Å². The molecule has 0 saturated carbocycles. The highest BCUT2D eigenvalue weighted by molar-refractivity contribution is 6.08. The average Bonchev–Trinajstić information content (AvgIpc) is 3.22. The van der Waals surface area contributed by atoms with Gasteiger partial charge in [0.05, 0.1) is 17.8 Å². The lowest BCUT2D eigenvalue weighted by Gasteiger charge is -2.11. The number of para-hydroxylation sites is 1. The molecule has 1 unspecified atom stereocenters. The molecule has 2 heterocycles. The van der Waals surface area contributed by atoms with Crippen LogP contribution in [0.25, 0.3) is 21.8 Å². The minimum Gasteiger partial charge on any atom is -0.341 e. The molecule has 144 valence electrons. The maximum Gasteiger partial charge on any atom is 0.208 e. The van der Waals surface area contributed by atoms with E-state index >= 15 is 0 Å². The lowest BCUT2D eigenvalue weighted by Crippen LogP contribution is -2.03. The van der Waals surface area contributed by atoms with E-state index in [1.165, 1.54) is 38.6 Å². The Morgan fingerprint density at radius 1 is 1.14 bits per heavy atom. The Morgan fingerprint density at radius 2 is 1.97 bits per heavy atom. The molecule has 1 aromatic heterocycles. The largest absolute Gasteiger partial charge is 0.341 e. The zero-order valence-electron chi connectivity index (χ0n) is 17.1. The first kappa shape index (κ1) is 17.8. The summed E-state index contributed by atoms with van der Waals surface area (Å²) in [6.45, 7) is 5.37. The van der Waals surface area contributed by atoms with Crippen LogP contribution in [-0.2, 0) is 6.54 Å². The highest BCUT2D eigenvalue weighted by Crippen LogP contribution is 2.34. The van der Waals surface area contributed by atoms with E-state index in [2.05, 4.69) is 101 Å². The van der Waals surface area contributed by atoms with Crippen LogP contribution in [0.3, 0.4) is 0 Å². The number of benzene rings is 2. The third kappa shape index (κ3) is 2.87. The van der Waals surface area contributed by atoms with E-state index in [9.17, 15) is 0 Å². The van der Waals surface area contributed by atoms with Crippen LogP contribution in [0.1, 0.15) is 20.3 Å². The maximum absolute atomic E-state index is 4.52. The van der Waals surface area contributed by atoms with Gasteiger partial charge in [0.25, 0.3) is 0 Å². The van der Waals surface area contributed by atoms with Gasteiger partial charge in [0.15, 0.2) is 6.21 Å². The molecular weight excluding hydrogens is 356 g/mol. The van der Waals surface area contributed by atoms with Gasteiger partial charge in [0.1, 0.15) is 7.05 Å². The normalized spacial score (nSPS) is 20.4. The number of nitrogens with zero attached hydrogens (tertiary/aromatic N) is 4. The maximum atomic E-state index is 4.52. The van der Waals surface area contributed by atoms with E-state index < -0.39 is 0 Å². The summed E-state index contributed by atoms with van der Waals surface area (Å²) >= 11 is 0. The van der Waals surface area contributed by atoms with Gasteiger partial charge in [0.2, 0.25) is 5.70 Å². The second-order valence-electron chi connectivity index (χ2n) is 7.79. The van der Waals surface area contributed by atoms with Gasteiger partial charge in [-0.2, -0.15) is 10.2 Å². The zero-order valence-corrected chi connectivity index (χ0v) is 17.1. The summed E-state index contributed by atoms with van der Waals surface area (Å²) in [5, 5.41) is 11.5. The molecule has 0 radical (unpaired) electrons. The Hall–Kier alpha value is -3.27. The third-order valence-electron chi connectivity index (χ3n) is 5.98. The van der Waals surface area contributed by atoms with Crippen LogP contribution < -0.4 is 0 Å². The van der Waals surface area contributed by atoms with E-state index in [1.54, 1.807) is 0 Å². The first-order valence-electron chi connectivity index (χ1n) is 10.3. The molecule has 29 heavy (non-hydrogen) atoms. The molecule has 1 aliphatic carbocycles. The standard InChI is InChI=1S/C25H25N4/c1-4-29-22-10-6-5-9-20(22)21-14-19(12-13-23(21)29)27-26-15-18-8-7-11-24-25(18)17(2)16-28(24)3/h5-7,9-17H,4,8H2,1-3H3/q+1. The van der Waals surface area contributed by atoms with E-state index in [0.29, 0.717) is 5.92 Å². The van der Waals surface area contributed by atoms with Crippen molar-refractivity contribution in [3.63, 3.8) is 0 Å². The van der Waals surface area contributed by atoms with Crippen LogP contribution in [0.5, 0.6) is 0 Å². The molecule has 4 nitrogen and oxygen atoms in total. The molecule has 0 N–H and O–H groups in total. The topological polar surface area (TPSA) is 32.7 Å². The Morgan fingerprint density at radius 3 is 2.83 bits per heavy atom. The SMILES string of the molecule is CCn1c2ccccc2c2cc(N=NC=C3CC=CC4=C3C(C)C=[N+]4C)ccc21. The number of hydrogen-bond donors (Lipinski definition) is 0. The van der Waals surface area contributed by atoms with Crippen molar-refractivity contribution in [1.82, 2.24) is 4.57 Å². The molecule has 2 aliphatic rings. The summed E-state index contributed by atoms with van der Waals surface area (Å²) < 4.78 is 4.56. The van der Waals surface area contributed by atoms with Gasteiger partial charge in [0, 0.05) is 40.0 Å². The number of azo groups is 1. The number of fused-ring (bicyclic) bond motifs is 3. The fourth-order valence-electron chi connectivity index (χ4n) is 4.72. The summed E-state index contributed by atoms with van der Waals surface area (Å²) in [6, 6.07) is 14.9. The minimum absolute atomic E-state index is 0.415. The van der Waals surface area contributed by atoms with Crippen LogP contribution in [0, 0.1) is 5.92 Å². The van der Waals surface area contributed by atoms with Gasteiger partial charge in [-0.25, -0.2) is 4.58 Å². The number of aromatic nitrogens is 1. The van der Waals surface area contributed by atoms with Crippen molar-refractivity contribution < 1.29 is 4.58 Å². The Balaban J connectivity index is 1.50. The van der Waals surface area contributed by atoms with Crippen molar-refractivity contribution >= 4 is 33.7 Å². The smallest absolute Gasteiger partial charge is 0.208 e. The molecule has 0 fully saturated rings. The number of rotatable bonds is 3. The molecule has 0 saturated heterocycles. The van der Waals surface area contributed by atoms with E-state index in [-0.39, 0.29) is 0 Å². The van der Waals surface area contributed by atoms with Crippen LogP contribution in [-0.4, -0.2) is 22.4 Å². The van der Waals surface area contributed by atoms with Gasteiger partial charge in [-0.15, -0.1) is 0 Å². The fourth-order valence-corrected chi connectivity index (χ4v) is 4.72. The Bertz CT molecular complexity index is 1280. The first-order chi connectivity index (χ1) is 14.2. The van der Waals surface area contributed by atoms with Crippen LogP contribution in [0.2, 0.25) is 0 Å². The van der Waals surface area contributed by atoms with Crippen LogP contribution in [0.15, 0.2) is 87.9 Å². The lowest BCUT2D eigenvalue weighted by atomic mass is 9.90. The van der Waals surface area contributed by atoms with E-state index in [1.807, 2.05) is 6.20 Å². The Kier molecular flexibility index (Phi) is 4.27. The highest BCUT2D eigenvalue weighted by atomic mass is 15.1. The molecule has 4 heteroatoms. The van der Waals surface area contributed by atoms with Gasteiger partial charge < -0.3 is 4.57 Å².